The van der Waals surface area contributed by atoms with Crippen molar-refractivity contribution in [1.29, 1.82) is 0 Å². The van der Waals surface area contributed by atoms with Crippen LogP contribution in [0.2, 0.25) is 0 Å². The van der Waals surface area contributed by atoms with Crippen molar-refractivity contribution in [2.24, 2.45) is 11.8 Å². The summed E-state index contributed by atoms with van der Waals surface area (Å²) in [6.07, 6.45) is 10.1. The molecule has 0 heterocycles. The van der Waals surface area contributed by atoms with E-state index in [2.05, 4.69) is 6.58 Å². The SMILES string of the molecule is C=CC(=O)OCCCCCCCCOc1ccc(OC(=O)C2CCC(C(=O)Oc3ccc(C)cc3C=O)CC2)cc1. The van der Waals surface area contributed by atoms with Gasteiger partial charge in [-0.3, -0.25) is 14.4 Å². The van der Waals surface area contributed by atoms with Crippen molar-refractivity contribution in [1.82, 2.24) is 0 Å². The predicted octanol–water partition coefficient (Wildman–Crippen LogP) is 6.57. The number of aldehydes is 1. The minimum Gasteiger partial charge on any atom is -0.494 e. The number of aryl methyl sites for hydroxylation is 1. The quantitative estimate of drug-likeness (QED) is 0.0741. The van der Waals surface area contributed by atoms with Gasteiger partial charge in [0.2, 0.25) is 0 Å². The third kappa shape index (κ3) is 10.9. The summed E-state index contributed by atoms with van der Waals surface area (Å²) in [6.45, 7) is 6.29. The second kappa shape index (κ2) is 17.0. The fourth-order valence-corrected chi connectivity index (χ4v) is 4.75. The van der Waals surface area contributed by atoms with Crippen LogP contribution in [0.15, 0.2) is 55.1 Å². The number of carbonyl (C=O) groups excluding carboxylic acids is 4. The summed E-state index contributed by atoms with van der Waals surface area (Å²) >= 11 is 0. The third-order valence-electron chi connectivity index (χ3n) is 7.16. The number of hydrogen-bond acceptors (Lipinski definition) is 8. The molecule has 0 aliphatic heterocycles. The van der Waals surface area contributed by atoms with Gasteiger partial charge in [-0.25, -0.2) is 4.79 Å². The van der Waals surface area contributed by atoms with Crippen molar-refractivity contribution >= 4 is 24.2 Å². The van der Waals surface area contributed by atoms with E-state index in [-0.39, 0.29) is 35.5 Å². The Labute approximate surface area is 242 Å². The Hall–Kier alpha value is -3.94. The van der Waals surface area contributed by atoms with Gasteiger partial charge in [0.25, 0.3) is 0 Å². The van der Waals surface area contributed by atoms with Gasteiger partial charge in [-0.15, -0.1) is 0 Å². The Kier molecular flexibility index (Phi) is 13.1. The third-order valence-corrected chi connectivity index (χ3v) is 7.16. The standard InChI is InChI=1S/C33H40O8/c1-3-31(35)39-21-9-7-5-4-6-8-20-38-28-15-17-29(18-16-28)40-32(36)25-11-13-26(14-12-25)33(37)41-30-19-10-24(2)22-27(30)23-34/h3,10,15-19,22-23,25-26H,1,4-9,11-14,20-21H2,2H3. The molecule has 0 atom stereocenters. The van der Waals surface area contributed by atoms with Crippen molar-refractivity contribution < 1.29 is 38.1 Å². The highest BCUT2D eigenvalue weighted by molar-refractivity contribution is 5.83. The van der Waals surface area contributed by atoms with E-state index < -0.39 is 0 Å². The summed E-state index contributed by atoms with van der Waals surface area (Å²) in [5, 5.41) is 0. The van der Waals surface area contributed by atoms with Crippen molar-refractivity contribution in [3.05, 3.63) is 66.2 Å². The van der Waals surface area contributed by atoms with Crippen LogP contribution in [0.3, 0.4) is 0 Å². The van der Waals surface area contributed by atoms with Crippen LogP contribution in [0.4, 0.5) is 0 Å². The number of hydrogen-bond donors (Lipinski definition) is 0. The van der Waals surface area contributed by atoms with Crippen LogP contribution in [-0.4, -0.2) is 37.4 Å². The fraction of sp³-hybridized carbons (Fsp3) is 0.455. The maximum Gasteiger partial charge on any atom is 0.330 e. The first-order chi connectivity index (χ1) is 19.9. The molecule has 220 valence electrons. The monoisotopic (exact) mass is 564 g/mol. The summed E-state index contributed by atoms with van der Waals surface area (Å²) < 4.78 is 21.8. The Morgan fingerprint density at radius 1 is 0.780 bits per heavy atom. The average Bonchev–Trinajstić information content (AvgIpc) is 2.99. The molecule has 0 aromatic heterocycles. The van der Waals surface area contributed by atoms with Crippen LogP contribution in [0, 0.1) is 18.8 Å². The van der Waals surface area contributed by atoms with Gasteiger partial charge in [-0.05, 0) is 81.8 Å². The lowest BCUT2D eigenvalue weighted by Gasteiger charge is -2.26. The van der Waals surface area contributed by atoms with Crippen molar-refractivity contribution in [2.75, 3.05) is 13.2 Å². The van der Waals surface area contributed by atoms with E-state index in [1.807, 2.05) is 6.92 Å². The van der Waals surface area contributed by atoms with Gasteiger partial charge in [-0.2, -0.15) is 0 Å². The zero-order valence-corrected chi connectivity index (χ0v) is 23.8. The number of ether oxygens (including phenoxy) is 4. The molecule has 0 radical (unpaired) electrons. The lowest BCUT2D eigenvalue weighted by molar-refractivity contribution is -0.145. The van der Waals surface area contributed by atoms with Crippen LogP contribution in [0.5, 0.6) is 17.2 Å². The number of unbranched alkanes of at least 4 members (excludes halogenated alkanes) is 5. The zero-order chi connectivity index (χ0) is 29.5. The topological polar surface area (TPSA) is 105 Å². The van der Waals surface area contributed by atoms with Crippen LogP contribution in [0.1, 0.15) is 80.1 Å². The maximum atomic E-state index is 12.7. The minimum absolute atomic E-state index is 0.266. The molecule has 0 amide bonds. The fourth-order valence-electron chi connectivity index (χ4n) is 4.75. The normalized spacial score (nSPS) is 16.3. The smallest absolute Gasteiger partial charge is 0.330 e. The Morgan fingerprint density at radius 3 is 1.95 bits per heavy atom. The Balaban J connectivity index is 1.29. The lowest BCUT2D eigenvalue weighted by Crippen LogP contribution is -2.30. The van der Waals surface area contributed by atoms with Gasteiger partial charge >= 0.3 is 17.9 Å². The first-order valence-corrected chi connectivity index (χ1v) is 14.4. The molecular formula is C33H40O8. The van der Waals surface area contributed by atoms with Gasteiger partial charge in [0, 0.05) is 6.08 Å². The van der Waals surface area contributed by atoms with Crippen LogP contribution < -0.4 is 14.2 Å². The van der Waals surface area contributed by atoms with Crippen LogP contribution in [-0.2, 0) is 19.1 Å². The van der Waals surface area contributed by atoms with Gasteiger partial charge < -0.3 is 18.9 Å². The summed E-state index contributed by atoms with van der Waals surface area (Å²) in [5.74, 6) is -0.186. The van der Waals surface area contributed by atoms with E-state index in [1.54, 1.807) is 42.5 Å². The summed E-state index contributed by atoms with van der Waals surface area (Å²) in [6, 6.07) is 12.1. The molecule has 1 fully saturated rings. The van der Waals surface area contributed by atoms with E-state index >= 15 is 0 Å². The molecule has 2 aromatic rings. The second-order valence-electron chi connectivity index (χ2n) is 10.4. The molecule has 8 nitrogen and oxygen atoms in total. The molecular weight excluding hydrogens is 524 g/mol. The van der Waals surface area contributed by atoms with E-state index in [0.717, 1.165) is 49.8 Å². The molecule has 3 rings (SSSR count). The molecule has 1 aliphatic carbocycles. The van der Waals surface area contributed by atoms with E-state index in [4.69, 9.17) is 18.9 Å². The Morgan fingerprint density at radius 2 is 1.34 bits per heavy atom. The van der Waals surface area contributed by atoms with Crippen LogP contribution >= 0.6 is 0 Å². The van der Waals surface area contributed by atoms with Gasteiger partial charge in [0.15, 0.2) is 6.29 Å². The molecule has 0 unspecified atom stereocenters. The largest absolute Gasteiger partial charge is 0.494 e. The number of benzene rings is 2. The highest BCUT2D eigenvalue weighted by atomic mass is 16.5. The molecule has 0 saturated heterocycles. The first kappa shape index (κ1) is 31.6. The highest BCUT2D eigenvalue weighted by Crippen LogP contribution is 2.32. The number of rotatable bonds is 16. The molecule has 0 N–H and O–H groups in total. The summed E-state index contributed by atoms with van der Waals surface area (Å²) in [7, 11) is 0. The van der Waals surface area contributed by atoms with Crippen molar-refractivity contribution in [3.63, 3.8) is 0 Å². The highest BCUT2D eigenvalue weighted by Gasteiger charge is 2.32. The van der Waals surface area contributed by atoms with Gasteiger partial charge in [-0.1, -0.05) is 43.9 Å². The molecule has 0 spiro atoms. The number of esters is 3. The van der Waals surface area contributed by atoms with Gasteiger partial charge in [0.05, 0.1) is 30.6 Å². The average molecular weight is 565 g/mol. The van der Waals surface area contributed by atoms with Crippen LogP contribution in [0.25, 0.3) is 0 Å². The van der Waals surface area contributed by atoms with Gasteiger partial charge in [0.1, 0.15) is 17.2 Å². The molecule has 2 aromatic carbocycles. The molecule has 41 heavy (non-hydrogen) atoms. The van der Waals surface area contributed by atoms with Crippen molar-refractivity contribution in [2.45, 2.75) is 71.1 Å². The molecule has 1 saturated carbocycles. The maximum absolute atomic E-state index is 12.7. The van der Waals surface area contributed by atoms with E-state index in [0.29, 0.717) is 56.5 Å². The molecule has 1 aliphatic rings. The van der Waals surface area contributed by atoms with Crippen molar-refractivity contribution in [3.8, 4) is 17.2 Å². The minimum atomic E-state index is -0.372. The molecule has 0 bridgehead atoms. The predicted molar refractivity (Wildman–Crippen MR) is 154 cm³/mol. The first-order valence-electron chi connectivity index (χ1n) is 14.4. The Bertz CT molecular complexity index is 1160. The second-order valence-corrected chi connectivity index (χ2v) is 10.4. The number of carbonyl (C=O) groups is 4. The summed E-state index contributed by atoms with van der Waals surface area (Å²) in [5.41, 5.74) is 1.26. The van der Waals surface area contributed by atoms with E-state index in [9.17, 15) is 19.2 Å². The molecule has 8 heteroatoms. The van der Waals surface area contributed by atoms with E-state index in [1.165, 1.54) is 6.08 Å². The zero-order valence-electron chi connectivity index (χ0n) is 23.8. The lowest BCUT2D eigenvalue weighted by atomic mass is 9.82. The summed E-state index contributed by atoms with van der Waals surface area (Å²) in [4.78, 5) is 47.6.